The lowest BCUT2D eigenvalue weighted by Gasteiger charge is -2.29. The van der Waals surface area contributed by atoms with Gasteiger partial charge in [-0.05, 0) is 47.2 Å². The summed E-state index contributed by atoms with van der Waals surface area (Å²) in [5.41, 5.74) is 4.05. The van der Waals surface area contributed by atoms with E-state index in [2.05, 4.69) is 4.98 Å². The Morgan fingerprint density at radius 3 is 2.57 bits per heavy atom. The number of nitrogens with two attached hydrogens (primary N) is 1. The van der Waals surface area contributed by atoms with Crippen LogP contribution in [0.2, 0.25) is 0 Å². The van der Waals surface area contributed by atoms with E-state index < -0.39 is 5.82 Å². The van der Waals surface area contributed by atoms with Crippen molar-refractivity contribution in [3.63, 3.8) is 0 Å². The third kappa shape index (κ3) is 2.90. The van der Waals surface area contributed by atoms with Crippen molar-refractivity contribution in [3.8, 4) is 22.4 Å². The number of ketones is 1. The SMILES string of the molecule is CC1(C)CC(=O)c2c(-c3cc(F)ccc3CO)c(-c3ccncc3)n(N)c2C1. The topological polar surface area (TPSA) is 81.1 Å². The molecule has 0 saturated heterocycles. The molecule has 3 N–H and O–H groups in total. The van der Waals surface area contributed by atoms with Crippen LogP contribution in [-0.2, 0) is 13.0 Å². The molecule has 0 atom stereocenters. The molecule has 6 heteroatoms. The highest BCUT2D eigenvalue weighted by molar-refractivity contribution is 6.08. The Balaban J connectivity index is 2.11. The number of halogens is 1. The van der Waals surface area contributed by atoms with Gasteiger partial charge in [0.25, 0.3) is 0 Å². The van der Waals surface area contributed by atoms with Crippen LogP contribution in [-0.4, -0.2) is 20.5 Å². The van der Waals surface area contributed by atoms with Crippen LogP contribution in [0.15, 0.2) is 42.7 Å². The Hall–Kier alpha value is -2.99. The normalized spacial score (nSPS) is 15.5. The van der Waals surface area contributed by atoms with E-state index in [1.165, 1.54) is 12.1 Å². The predicted octanol–water partition coefficient (Wildman–Crippen LogP) is 3.72. The lowest BCUT2D eigenvalue weighted by molar-refractivity contribution is 0.0911. The number of aliphatic hydroxyl groups excluding tert-OH is 1. The molecule has 5 nitrogen and oxygen atoms in total. The lowest BCUT2D eigenvalue weighted by atomic mass is 9.74. The lowest BCUT2D eigenvalue weighted by Crippen LogP contribution is -2.29. The molecule has 2 heterocycles. The van der Waals surface area contributed by atoms with Gasteiger partial charge in [0.05, 0.1) is 18.0 Å². The molecule has 0 unspecified atom stereocenters. The third-order valence-corrected chi connectivity index (χ3v) is 5.34. The number of aliphatic hydroxyl groups is 1. The summed E-state index contributed by atoms with van der Waals surface area (Å²) in [6, 6.07) is 7.82. The molecular formula is C22H22FN3O2. The molecule has 1 aliphatic rings. The van der Waals surface area contributed by atoms with Gasteiger partial charge in [-0.2, -0.15) is 0 Å². The summed E-state index contributed by atoms with van der Waals surface area (Å²) < 4.78 is 15.7. The molecule has 0 amide bonds. The molecule has 0 saturated carbocycles. The van der Waals surface area contributed by atoms with Crippen molar-refractivity contribution in [3.05, 3.63) is 65.4 Å². The van der Waals surface area contributed by atoms with Crippen molar-refractivity contribution < 1.29 is 14.3 Å². The number of carbonyl (C=O) groups excluding carboxylic acids is 1. The maximum absolute atomic E-state index is 14.1. The number of carbonyl (C=O) groups is 1. The number of rotatable bonds is 3. The summed E-state index contributed by atoms with van der Waals surface area (Å²) in [4.78, 5) is 17.2. The van der Waals surface area contributed by atoms with Gasteiger partial charge in [0.1, 0.15) is 5.82 Å². The van der Waals surface area contributed by atoms with Crippen molar-refractivity contribution in [1.29, 1.82) is 0 Å². The maximum Gasteiger partial charge on any atom is 0.165 e. The van der Waals surface area contributed by atoms with Gasteiger partial charge in [-0.25, -0.2) is 4.39 Å². The number of nitrogens with zero attached hydrogens (tertiary/aromatic N) is 2. The highest BCUT2D eigenvalue weighted by atomic mass is 19.1. The van der Waals surface area contributed by atoms with E-state index >= 15 is 0 Å². The minimum atomic E-state index is -0.435. The minimum absolute atomic E-state index is 0.0195. The van der Waals surface area contributed by atoms with Crippen LogP contribution in [0.5, 0.6) is 0 Å². The second kappa shape index (κ2) is 6.56. The molecule has 144 valence electrons. The Kier molecular flexibility index (Phi) is 4.31. The van der Waals surface area contributed by atoms with Gasteiger partial charge >= 0.3 is 0 Å². The first kappa shape index (κ1) is 18.4. The number of hydrogen-bond acceptors (Lipinski definition) is 4. The molecule has 0 bridgehead atoms. The Labute approximate surface area is 162 Å². The number of Topliss-reactive ketones (excluding diaryl/α,β-unsaturated/α-hetero) is 1. The number of fused-ring (bicyclic) bond motifs is 1. The van der Waals surface area contributed by atoms with Crippen molar-refractivity contribution in [2.24, 2.45) is 5.41 Å². The van der Waals surface area contributed by atoms with Gasteiger partial charge in [0.2, 0.25) is 0 Å². The summed E-state index contributed by atoms with van der Waals surface area (Å²) in [5.74, 6) is 6.04. The summed E-state index contributed by atoms with van der Waals surface area (Å²) >= 11 is 0. The first-order valence-corrected chi connectivity index (χ1v) is 9.18. The molecular weight excluding hydrogens is 357 g/mol. The van der Waals surface area contributed by atoms with Crippen LogP contribution >= 0.6 is 0 Å². The van der Waals surface area contributed by atoms with Crippen LogP contribution in [0, 0.1) is 11.2 Å². The second-order valence-corrected chi connectivity index (χ2v) is 8.05. The van der Waals surface area contributed by atoms with Gasteiger partial charge in [-0.3, -0.25) is 14.5 Å². The van der Waals surface area contributed by atoms with E-state index in [0.29, 0.717) is 40.8 Å². The Bertz CT molecular complexity index is 1070. The van der Waals surface area contributed by atoms with Crippen LogP contribution < -0.4 is 5.84 Å². The summed E-state index contributed by atoms with van der Waals surface area (Å²) in [6.07, 6.45) is 4.31. The van der Waals surface area contributed by atoms with Gasteiger partial charge in [0.15, 0.2) is 5.78 Å². The summed E-state index contributed by atoms with van der Waals surface area (Å²) in [7, 11) is 0. The fourth-order valence-electron chi connectivity index (χ4n) is 4.13. The monoisotopic (exact) mass is 379 g/mol. The fraction of sp³-hybridized carbons (Fsp3) is 0.273. The van der Waals surface area contributed by atoms with E-state index in [-0.39, 0.29) is 17.8 Å². The molecule has 1 aromatic carbocycles. The quantitative estimate of drug-likeness (QED) is 0.680. The van der Waals surface area contributed by atoms with Crippen molar-refractivity contribution in [2.45, 2.75) is 33.3 Å². The Morgan fingerprint density at radius 2 is 1.89 bits per heavy atom. The molecule has 1 aliphatic carbocycles. The zero-order valence-corrected chi connectivity index (χ0v) is 15.9. The first-order valence-electron chi connectivity index (χ1n) is 9.18. The van der Waals surface area contributed by atoms with E-state index in [9.17, 15) is 14.3 Å². The first-order chi connectivity index (χ1) is 13.3. The minimum Gasteiger partial charge on any atom is -0.392 e. The fourth-order valence-corrected chi connectivity index (χ4v) is 4.13. The average molecular weight is 379 g/mol. The molecule has 2 aromatic heterocycles. The van der Waals surface area contributed by atoms with Crippen LogP contribution in [0.3, 0.4) is 0 Å². The summed E-state index contributed by atoms with van der Waals surface area (Å²) in [5, 5.41) is 9.84. The van der Waals surface area contributed by atoms with Crippen molar-refractivity contribution in [1.82, 2.24) is 9.66 Å². The molecule has 3 aromatic rings. The van der Waals surface area contributed by atoms with Crippen LogP contribution in [0.4, 0.5) is 4.39 Å². The zero-order chi connectivity index (χ0) is 20.1. The summed E-state index contributed by atoms with van der Waals surface area (Å²) in [6.45, 7) is 3.80. The van der Waals surface area contributed by atoms with Crippen molar-refractivity contribution in [2.75, 3.05) is 5.84 Å². The van der Waals surface area contributed by atoms with Gasteiger partial charge < -0.3 is 10.9 Å². The highest BCUT2D eigenvalue weighted by Crippen LogP contribution is 2.45. The van der Waals surface area contributed by atoms with Gasteiger partial charge in [-0.1, -0.05) is 19.9 Å². The number of benzene rings is 1. The zero-order valence-electron chi connectivity index (χ0n) is 15.9. The van der Waals surface area contributed by atoms with Crippen LogP contribution in [0.1, 0.15) is 41.9 Å². The number of nitrogen functional groups attached to an aromatic ring is 1. The van der Waals surface area contributed by atoms with E-state index in [1.54, 1.807) is 35.3 Å². The average Bonchev–Trinajstić information content (AvgIpc) is 2.94. The van der Waals surface area contributed by atoms with Crippen LogP contribution in [0.25, 0.3) is 22.4 Å². The molecule has 4 rings (SSSR count). The molecule has 0 aliphatic heterocycles. The van der Waals surface area contributed by atoms with E-state index in [1.807, 2.05) is 13.8 Å². The third-order valence-electron chi connectivity index (χ3n) is 5.34. The maximum atomic E-state index is 14.1. The molecule has 0 spiro atoms. The molecule has 28 heavy (non-hydrogen) atoms. The largest absolute Gasteiger partial charge is 0.392 e. The van der Waals surface area contributed by atoms with E-state index in [4.69, 9.17) is 5.84 Å². The number of aromatic nitrogens is 2. The number of hydrogen-bond donors (Lipinski definition) is 2. The second-order valence-electron chi connectivity index (χ2n) is 8.05. The highest BCUT2D eigenvalue weighted by Gasteiger charge is 2.38. The standard InChI is InChI=1S/C22H22FN3O2/c1-22(2)10-17-20(18(28)11-22)19(16-9-15(23)4-3-14(16)12-27)21(26(17)24)13-5-7-25-8-6-13/h3-9,27H,10-12,24H2,1-2H3. The predicted molar refractivity (Wildman–Crippen MR) is 106 cm³/mol. The molecule has 0 radical (unpaired) electrons. The van der Waals surface area contributed by atoms with Gasteiger partial charge in [-0.15, -0.1) is 0 Å². The van der Waals surface area contributed by atoms with Crippen molar-refractivity contribution >= 4 is 5.78 Å². The smallest absolute Gasteiger partial charge is 0.165 e. The Morgan fingerprint density at radius 1 is 1.18 bits per heavy atom. The van der Waals surface area contributed by atoms with E-state index in [0.717, 1.165) is 11.3 Å². The van der Waals surface area contributed by atoms with Gasteiger partial charge in [0, 0.05) is 35.5 Å². The molecule has 0 fully saturated rings. The number of pyridine rings is 1.